The molecule has 0 aliphatic rings. The van der Waals surface area contributed by atoms with Crippen molar-refractivity contribution in [2.45, 2.75) is 13.0 Å². The Morgan fingerprint density at radius 2 is 2.11 bits per heavy atom. The van der Waals surface area contributed by atoms with E-state index < -0.39 is 0 Å². The van der Waals surface area contributed by atoms with E-state index >= 15 is 0 Å². The lowest BCUT2D eigenvalue weighted by molar-refractivity contribution is 0.210. The summed E-state index contributed by atoms with van der Waals surface area (Å²) in [6.07, 6.45) is 6.17. The Labute approximate surface area is 106 Å². The molecule has 0 bridgehead atoms. The Balaban J connectivity index is 1.99. The van der Waals surface area contributed by atoms with Crippen LogP contribution in [-0.2, 0) is 13.0 Å². The predicted molar refractivity (Wildman–Crippen MR) is 67.7 cm³/mol. The second-order valence-electron chi connectivity index (χ2n) is 4.32. The van der Waals surface area contributed by atoms with Crippen LogP contribution < -0.4 is 0 Å². The van der Waals surface area contributed by atoms with Gasteiger partial charge < -0.3 is 9.67 Å². The van der Waals surface area contributed by atoms with Crippen LogP contribution in [0.1, 0.15) is 11.1 Å². The van der Waals surface area contributed by atoms with Crippen molar-refractivity contribution in [3.63, 3.8) is 0 Å². The van der Waals surface area contributed by atoms with Gasteiger partial charge in [-0.2, -0.15) is 5.26 Å². The second-order valence-corrected chi connectivity index (χ2v) is 4.32. The first-order valence-electron chi connectivity index (χ1n) is 5.87. The summed E-state index contributed by atoms with van der Waals surface area (Å²) in [7, 11) is 0. The highest BCUT2D eigenvalue weighted by atomic mass is 16.3. The number of hydrogen-bond donors (Lipinski definition) is 1. The standard InChI is InChI=1S/C14H15N3O/c15-8-13-3-1-12(2-4-13)7-14(10-18)9-17-6-5-16-11-17/h1-6,11,14,18H,7,9-10H2. The van der Waals surface area contributed by atoms with Crippen molar-refractivity contribution < 1.29 is 5.11 Å². The summed E-state index contributed by atoms with van der Waals surface area (Å²) in [5, 5.41) is 18.1. The largest absolute Gasteiger partial charge is 0.396 e. The SMILES string of the molecule is N#Cc1ccc(CC(CO)Cn2ccnc2)cc1. The minimum Gasteiger partial charge on any atom is -0.396 e. The molecule has 0 saturated carbocycles. The highest BCUT2D eigenvalue weighted by molar-refractivity contribution is 5.31. The normalized spacial score (nSPS) is 12.0. The minimum absolute atomic E-state index is 0.137. The van der Waals surface area contributed by atoms with E-state index in [1.54, 1.807) is 24.7 Å². The molecule has 1 aromatic heterocycles. The van der Waals surface area contributed by atoms with Crippen molar-refractivity contribution in [3.8, 4) is 6.07 Å². The molecular weight excluding hydrogens is 226 g/mol. The number of aromatic nitrogens is 2. The minimum atomic E-state index is 0.137. The van der Waals surface area contributed by atoms with Crippen LogP contribution >= 0.6 is 0 Å². The quantitative estimate of drug-likeness (QED) is 0.865. The number of nitrogens with zero attached hydrogens (tertiary/aromatic N) is 3. The molecule has 0 spiro atoms. The maximum Gasteiger partial charge on any atom is 0.0991 e. The Kier molecular flexibility index (Phi) is 4.11. The third kappa shape index (κ3) is 3.19. The fourth-order valence-corrected chi connectivity index (χ4v) is 1.93. The van der Waals surface area contributed by atoms with Gasteiger partial charge in [-0.15, -0.1) is 0 Å². The summed E-state index contributed by atoms with van der Waals surface area (Å²) < 4.78 is 1.96. The molecule has 4 nitrogen and oxygen atoms in total. The van der Waals surface area contributed by atoms with Gasteiger partial charge in [-0.1, -0.05) is 12.1 Å². The number of nitriles is 1. The molecular formula is C14H15N3O. The fraction of sp³-hybridized carbons (Fsp3) is 0.286. The highest BCUT2D eigenvalue weighted by Crippen LogP contribution is 2.12. The van der Waals surface area contributed by atoms with E-state index in [1.807, 2.05) is 22.9 Å². The van der Waals surface area contributed by atoms with Gasteiger partial charge in [0.1, 0.15) is 0 Å². The molecule has 0 fully saturated rings. The molecule has 0 aliphatic heterocycles. The van der Waals surface area contributed by atoms with Crippen LogP contribution in [0.25, 0.3) is 0 Å². The van der Waals surface area contributed by atoms with Crippen LogP contribution in [0.15, 0.2) is 43.0 Å². The first-order valence-corrected chi connectivity index (χ1v) is 5.87. The van der Waals surface area contributed by atoms with Crippen LogP contribution in [0.3, 0.4) is 0 Å². The van der Waals surface area contributed by atoms with Crippen LogP contribution in [0, 0.1) is 17.2 Å². The first kappa shape index (κ1) is 12.3. The van der Waals surface area contributed by atoms with Gasteiger partial charge in [0.25, 0.3) is 0 Å². The molecule has 0 amide bonds. The molecule has 4 heteroatoms. The molecule has 0 saturated heterocycles. The number of benzene rings is 1. The van der Waals surface area contributed by atoms with Crippen molar-refractivity contribution in [2.75, 3.05) is 6.61 Å². The van der Waals surface area contributed by atoms with Crippen molar-refractivity contribution in [1.29, 1.82) is 5.26 Å². The van der Waals surface area contributed by atoms with Crippen LogP contribution in [0.4, 0.5) is 0 Å². The van der Waals surface area contributed by atoms with Gasteiger partial charge in [0.05, 0.1) is 18.0 Å². The lowest BCUT2D eigenvalue weighted by Crippen LogP contribution is -2.16. The van der Waals surface area contributed by atoms with E-state index in [2.05, 4.69) is 11.1 Å². The van der Waals surface area contributed by atoms with Gasteiger partial charge in [-0.3, -0.25) is 0 Å². The third-order valence-corrected chi connectivity index (χ3v) is 2.89. The number of hydrogen-bond acceptors (Lipinski definition) is 3. The summed E-state index contributed by atoms with van der Waals surface area (Å²) in [6.45, 7) is 0.884. The monoisotopic (exact) mass is 241 g/mol. The molecule has 0 aliphatic carbocycles. The fourth-order valence-electron chi connectivity index (χ4n) is 1.93. The summed E-state index contributed by atoms with van der Waals surface area (Å²) in [4.78, 5) is 3.98. The van der Waals surface area contributed by atoms with Crippen LogP contribution in [0.2, 0.25) is 0 Å². The number of imidazole rings is 1. The predicted octanol–water partition coefficient (Wildman–Crippen LogP) is 1.61. The summed E-state index contributed by atoms with van der Waals surface area (Å²) in [6, 6.07) is 9.59. The molecule has 1 N–H and O–H groups in total. The summed E-state index contributed by atoms with van der Waals surface area (Å²) in [5.74, 6) is 0.159. The molecule has 92 valence electrons. The van der Waals surface area contributed by atoms with E-state index in [4.69, 9.17) is 5.26 Å². The molecule has 18 heavy (non-hydrogen) atoms. The molecule has 1 atom stereocenters. The van der Waals surface area contributed by atoms with Crippen molar-refractivity contribution in [2.24, 2.45) is 5.92 Å². The third-order valence-electron chi connectivity index (χ3n) is 2.89. The summed E-state index contributed by atoms with van der Waals surface area (Å²) >= 11 is 0. The van der Waals surface area contributed by atoms with Crippen molar-refractivity contribution in [3.05, 3.63) is 54.1 Å². The lowest BCUT2D eigenvalue weighted by Gasteiger charge is -2.14. The average Bonchev–Trinajstić information content (AvgIpc) is 2.91. The van der Waals surface area contributed by atoms with Crippen molar-refractivity contribution in [1.82, 2.24) is 9.55 Å². The van der Waals surface area contributed by atoms with Crippen LogP contribution in [0.5, 0.6) is 0 Å². The number of rotatable bonds is 5. The zero-order valence-electron chi connectivity index (χ0n) is 10.0. The van der Waals surface area contributed by atoms with Crippen molar-refractivity contribution >= 4 is 0 Å². The van der Waals surface area contributed by atoms with E-state index in [0.717, 1.165) is 18.5 Å². The Morgan fingerprint density at radius 1 is 1.33 bits per heavy atom. The van der Waals surface area contributed by atoms with Gasteiger partial charge in [0.15, 0.2) is 0 Å². The van der Waals surface area contributed by atoms with E-state index in [-0.39, 0.29) is 12.5 Å². The smallest absolute Gasteiger partial charge is 0.0991 e. The highest BCUT2D eigenvalue weighted by Gasteiger charge is 2.09. The van der Waals surface area contributed by atoms with Gasteiger partial charge >= 0.3 is 0 Å². The zero-order chi connectivity index (χ0) is 12.8. The van der Waals surface area contributed by atoms with Gasteiger partial charge in [0, 0.05) is 31.5 Å². The zero-order valence-corrected chi connectivity index (χ0v) is 10.0. The van der Waals surface area contributed by atoms with Gasteiger partial charge in [-0.25, -0.2) is 4.98 Å². The Hall–Kier alpha value is -2.12. The van der Waals surface area contributed by atoms with Gasteiger partial charge in [-0.05, 0) is 24.1 Å². The topological polar surface area (TPSA) is 61.8 Å². The molecule has 1 unspecified atom stereocenters. The maximum atomic E-state index is 9.40. The maximum absolute atomic E-state index is 9.40. The molecule has 2 aromatic rings. The van der Waals surface area contributed by atoms with Gasteiger partial charge in [0.2, 0.25) is 0 Å². The lowest BCUT2D eigenvalue weighted by atomic mass is 9.99. The van der Waals surface area contributed by atoms with E-state index in [1.165, 1.54) is 0 Å². The number of aliphatic hydroxyl groups is 1. The summed E-state index contributed by atoms with van der Waals surface area (Å²) in [5.41, 5.74) is 1.79. The number of aliphatic hydroxyl groups excluding tert-OH is 1. The molecule has 2 rings (SSSR count). The molecule has 1 heterocycles. The van der Waals surface area contributed by atoms with E-state index in [0.29, 0.717) is 5.56 Å². The molecule has 1 aromatic carbocycles. The molecule has 0 radical (unpaired) electrons. The Bertz CT molecular complexity index is 511. The average molecular weight is 241 g/mol. The second kappa shape index (κ2) is 5.99. The van der Waals surface area contributed by atoms with E-state index in [9.17, 15) is 5.11 Å². The Morgan fingerprint density at radius 3 is 2.67 bits per heavy atom. The first-order chi connectivity index (χ1) is 8.81. The van der Waals surface area contributed by atoms with Crippen LogP contribution in [-0.4, -0.2) is 21.3 Å².